The summed E-state index contributed by atoms with van der Waals surface area (Å²) in [5.74, 6) is 0.744. The molecule has 0 radical (unpaired) electrons. The van der Waals surface area contributed by atoms with Crippen molar-refractivity contribution in [2.45, 2.75) is 6.92 Å². The van der Waals surface area contributed by atoms with Gasteiger partial charge in [-0.3, -0.25) is 0 Å². The molecule has 3 rings (SSSR count). The van der Waals surface area contributed by atoms with E-state index >= 15 is 0 Å². The van der Waals surface area contributed by atoms with Crippen LogP contribution >= 0.6 is 15.9 Å². The summed E-state index contributed by atoms with van der Waals surface area (Å²) in [5.41, 5.74) is 9.53. The summed E-state index contributed by atoms with van der Waals surface area (Å²) in [4.78, 5) is 8.56. The zero-order chi connectivity index (χ0) is 14.1. The van der Waals surface area contributed by atoms with E-state index in [1.807, 2.05) is 43.3 Å². The van der Waals surface area contributed by atoms with E-state index in [9.17, 15) is 0 Å². The molecule has 20 heavy (non-hydrogen) atoms. The van der Waals surface area contributed by atoms with Gasteiger partial charge in [-0.05, 0) is 52.7 Å². The van der Waals surface area contributed by atoms with E-state index in [0.717, 1.165) is 32.4 Å². The van der Waals surface area contributed by atoms with Crippen molar-refractivity contribution in [2.24, 2.45) is 0 Å². The molecule has 0 bridgehead atoms. The van der Waals surface area contributed by atoms with Gasteiger partial charge in [0.05, 0.1) is 11.2 Å². The summed E-state index contributed by atoms with van der Waals surface area (Å²) >= 11 is 3.59. The molecular formula is C15H13BrN4. The van der Waals surface area contributed by atoms with Crippen molar-refractivity contribution in [3.8, 4) is 0 Å². The van der Waals surface area contributed by atoms with Gasteiger partial charge in [-0.2, -0.15) is 0 Å². The van der Waals surface area contributed by atoms with Crippen LogP contribution in [0.15, 0.2) is 47.2 Å². The fraction of sp³-hybridized carbons (Fsp3) is 0.0667. The normalized spacial score (nSPS) is 10.7. The highest BCUT2D eigenvalue weighted by molar-refractivity contribution is 9.10. The summed E-state index contributed by atoms with van der Waals surface area (Å²) < 4.78 is 1.02. The number of hydrogen-bond donors (Lipinski definition) is 2. The van der Waals surface area contributed by atoms with Crippen molar-refractivity contribution >= 4 is 44.0 Å². The van der Waals surface area contributed by atoms with E-state index in [-0.39, 0.29) is 0 Å². The van der Waals surface area contributed by atoms with Crippen LogP contribution in [-0.4, -0.2) is 9.97 Å². The van der Waals surface area contributed by atoms with Crippen molar-refractivity contribution in [1.82, 2.24) is 9.97 Å². The molecule has 100 valence electrons. The largest absolute Gasteiger partial charge is 0.399 e. The van der Waals surface area contributed by atoms with Crippen molar-refractivity contribution in [3.63, 3.8) is 0 Å². The molecule has 5 heteroatoms. The second-order valence-corrected chi connectivity index (χ2v) is 5.35. The Bertz CT molecular complexity index is 786. The standard InChI is InChI=1S/C15H13BrN4/c1-9-3-2-4-13(14(9)16)20-15-11-7-10(17)5-6-12(11)18-8-19-15/h2-8H,17H2,1H3,(H,18,19,20). The molecule has 1 heterocycles. The summed E-state index contributed by atoms with van der Waals surface area (Å²) in [5, 5.41) is 4.23. The predicted molar refractivity (Wildman–Crippen MR) is 86.1 cm³/mol. The Hall–Kier alpha value is -2.14. The maximum Gasteiger partial charge on any atom is 0.141 e. The molecule has 0 saturated carbocycles. The monoisotopic (exact) mass is 328 g/mol. The molecule has 0 fully saturated rings. The first-order chi connectivity index (χ1) is 9.65. The van der Waals surface area contributed by atoms with Gasteiger partial charge < -0.3 is 11.1 Å². The lowest BCUT2D eigenvalue weighted by Gasteiger charge is -2.11. The molecule has 0 aliphatic carbocycles. The summed E-state index contributed by atoms with van der Waals surface area (Å²) in [6.45, 7) is 2.05. The molecule has 0 aliphatic rings. The Kier molecular flexibility index (Phi) is 3.28. The Morgan fingerprint density at radius 2 is 2.00 bits per heavy atom. The van der Waals surface area contributed by atoms with Gasteiger partial charge in [0, 0.05) is 15.5 Å². The molecule has 2 aromatic carbocycles. The Morgan fingerprint density at radius 1 is 1.15 bits per heavy atom. The number of nitrogens with two attached hydrogens (primary N) is 1. The maximum absolute atomic E-state index is 5.85. The molecular weight excluding hydrogens is 316 g/mol. The minimum absolute atomic E-state index is 0.693. The van der Waals surface area contributed by atoms with Crippen molar-refractivity contribution < 1.29 is 0 Å². The Labute approximate surface area is 125 Å². The average Bonchev–Trinajstić information content (AvgIpc) is 2.44. The van der Waals surface area contributed by atoms with Gasteiger partial charge in [0.2, 0.25) is 0 Å². The van der Waals surface area contributed by atoms with Gasteiger partial charge in [-0.1, -0.05) is 12.1 Å². The number of benzene rings is 2. The molecule has 0 amide bonds. The third-order valence-corrected chi connectivity index (χ3v) is 4.16. The minimum Gasteiger partial charge on any atom is -0.399 e. The number of anilines is 3. The number of fused-ring (bicyclic) bond motifs is 1. The van der Waals surface area contributed by atoms with Crippen LogP contribution in [0.3, 0.4) is 0 Å². The summed E-state index contributed by atoms with van der Waals surface area (Å²) in [7, 11) is 0. The molecule has 0 atom stereocenters. The van der Waals surface area contributed by atoms with Crippen molar-refractivity contribution in [1.29, 1.82) is 0 Å². The van der Waals surface area contributed by atoms with E-state index in [1.165, 1.54) is 0 Å². The smallest absolute Gasteiger partial charge is 0.141 e. The minimum atomic E-state index is 0.693. The van der Waals surface area contributed by atoms with Crippen LogP contribution in [0.2, 0.25) is 0 Å². The van der Waals surface area contributed by atoms with Gasteiger partial charge in [0.1, 0.15) is 12.1 Å². The van der Waals surface area contributed by atoms with Crippen LogP contribution in [-0.2, 0) is 0 Å². The number of nitrogen functional groups attached to an aromatic ring is 1. The first-order valence-corrected chi connectivity index (χ1v) is 6.97. The van der Waals surface area contributed by atoms with Crippen LogP contribution in [0, 0.1) is 6.92 Å². The number of aromatic nitrogens is 2. The lowest BCUT2D eigenvalue weighted by Crippen LogP contribution is -1.98. The van der Waals surface area contributed by atoms with Gasteiger partial charge in [0.25, 0.3) is 0 Å². The number of halogens is 1. The molecule has 3 aromatic rings. The van der Waals surface area contributed by atoms with Crippen molar-refractivity contribution in [3.05, 3.63) is 52.8 Å². The van der Waals surface area contributed by atoms with E-state index < -0.39 is 0 Å². The quantitative estimate of drug-likeness (QED) is 0.697. The number of nitrogens with one attached hydrogen (secondary N) is 1. The highest BCUT2D eigenvalue weighted by Crippen LogP contribution is 2.30. The maximum atomic E-state index is 5.85. The zero-order valence-corrected chi connectivity index (χ0v) is 12.5. The first-order valence-electron chi connectivity index (χ1n) is 6.17. The van der Waals surface area contributed by atoms with Crippen molar-refractivity contribution in [2.75, 3.05) is 11.1 Å². The van der Waals surface area contributed by atoms with E-state index in [4.69, 9.17) is 5.73 Å². The van der Waals surface area contributed by atoms with Crippen LogP contribution in [0.1, 0.15) is 5.56 Å². The lowest BCUT2D eigenvalue weighted by atomic mass is 10.2. The number of hydrogen-bond acceptors (Lipinski definition) is 4. The van der Waals surface area contributed by atoms with Crippen LogP contribution in [0.25, 0.3) is 10.9 Å². The third kappa shape index (κ3) is 2.32. The van der Waals surface area contributed by atoms with Gasteiger partial charge in [0.15, 0.2) is 0 Å². The lowest BCUT2D eigenvalue weighted by molar-refractivity contribution is 1.22. The van der Waals surface area contributed by atoms with Gasteiger partial charge in [-0.25, -0.2) is 9.97 Å². The molecule has 0 spiro atoms. The molecule has 0 aliphatic heterocycles. The Morgan fingerprint density at radius 3 is 2.85 bits per heavy atom. The highest BCUT2D eigenvalue weighted by Gasteiger charge is 2.07. The second-order valence-electron chi connectivity index (χ2n) is 4.56. The Balaban J connectivity index is 2.11. The number of aryl methyl sites for hydroxylation is 1. The van der Waals surface area contributed by atoms with E-state index in [1.54, 1.807) is 6.33 Å². The molecule has 0 saturated heterocycles. The molecule has 3 N–H and O–H groups in total. The predicted octanol–water partition coefficient (Wildman–Crippen LogP) is 4.03. The van der Waals surface area contributed by atoms with Crippen LogP contribution in [0.4, 0.5) is 17.2 Å². The first kappa shape index (κ1) is 12.9. The fourth-order valence-corrected chi connectivity index (χ4v) is 2.41. The third-order valence-electron chi connectivity index (χ3n) is 3.10. The second kappa shape index (κ2) is 5.09. The van der Waals surface area contributed by atoms with E-state index in [0.29, 0.717) is 5.69 Å². The summed E-state index contributed by atoms with van der Waals surface area (Å²) in [6.07, 6.45) is 1.55. The topological polar surface area (TPSA) is 63.8 Å². The highest BCUT2D eigenvalue weighted by atomic mass is 79.9. The van der Waals surface area contributed by atoms with E-state index in [2.05, 4.69) is 31.2 Å². The fourth-order valence-electron chi connectivity index (χ4n) is 2.05. The SMILES string of the molecule is Cc1cccc(Nc2ncnc3ccc(N)cc23)c1Br. The van der Waals surface area contributed by atoms with Crippen LogP contribution in [0.5, 0.6) is 0 Å². The average molecular weight is 329 g/mol. The molecule has 4 nitrogen and oxygen atoms in total. The number of rotatable bonds is 2. The van der Waals surface area contributed by atoms with Gasteiger partial charge in [-0.15, -0.1) is 0 Å². The number of nitrogens with zero attached hydrogens (tertiary/aromatic N) is 2. The summed E-state index contributed by atoms with van der Waals surface area (Å²) in [6, 6.07) is 11.6. The molecule has 0 unspecified atom stereocenters. The van der Waals surface area contributed by atoms with Gasteiger partial charge >= 0.3 is 0 Å². The van der Waals surface area contributed by atoms with Crippen LogP contribution < -0.4 is 11.1 Å². The zero-order valence-electron chi connectivity index (χ0n) is 10.9. The molecule has 1 aromatic heterocycles.